The minimum absolute atomic E-state index is 0.0582. The molecule has 0 amide bonds. The van der Waals surface area contributed by atoms with Crippen molar-refractivity contribution in [2.24, 2.45) is 5.41 Å². The summed E-state index contributed by atoms with van der Waals surface area (Å²) >= 11 is 0. The van der Waals surface area contributed by atoms with Gasteiger partial charge in [-0.25, -0.2) is 4.79 Å². The first-order valence-electron chi connectivity index (χ1n) is 4.88. The molecular weight excluding hydrogens is 200 g/mol. The molecule has 1 atom stereocenters. The van der Waals surface area contributed by atoms with Gasteiger partial charge in [-0.15, -0.1) is 0 Å². The standard InChI is InChI=1S/C10H16O5/c1-5-9(2,3)7(11)14-10(4)6-13-8(12)15-10/h5-6H2,1-4H3. The first kappa shape index (κ1) is 11.8. The third-order valence-electron chi connectivity index (χ3n) is 2.50. The molecule has 1 unspecified atom stereocenters. The maximum absolute atomic E-state index is 11.7. The van der Waals surface area contributed by atoms with E-state index in [9.17, 15) is 9.59 Å². The van der Waals surface area contributed by atoms with Crippen LogP contribution >= 0.6 is 0 Å². The first-order chi connectivity index (χ1) is 6.79. The molecule has 0 aromatic rings. The number of rotatable bonds is 3. The van der Waals surface area contributed by atoms with E-state index in [0.29, 0.717) is 6.42 Å². The van der Waals surface area contributed by atoms with Crippen molar-refractivity contribution in [1.29, 1.82) is 0 Å². The Labute approximate surface area is 88.7 Å². The first-order valence-corrected chi connectivity index (χ1v) is 4.88. The van der Waals surface area contributed by atoms with Crippen molar-refractivity contribution < 1.29 is 23.8 Å². The second kappa shape index (κ2) is 3.72. The topological polar surface area (TPSA) is 61.8 Å². The largest absolute Gasteiger partial charge is 0.511 e. The smallest absolute Gasteiger partial charge is 0.426 e. The van der Waals surface area contributed by atoms with Gasteiger partial charge in [0.15, 0.2) is 6.61 Å². The van der Waals surface area contributed by atoms with Gasteiger partial charge < -0.3 is 14.2 Å². The highest BCUT2D eigenvalue weighted by Crippen LogP contribution is 2.28. The predicted octanol–water partition coefficient (Wildman–Crippen LogP) is 1.85. The summed E-state index contributed by atoms with van der Waals surface area (Å²) in [4.78, 5) is 22.4. The van der Waals surface area contributed by atoms with E-state index in [2.05, 4.69) is 4.74 Å². The minimum atomic E-state index is -1.28. The zero-order valence-corrected chi connectivity index (χ0v) is 9.46. The van der Waals surface area contributed by atoms with Gasteiger partial charge in [-0.2, -0.15) is 0 Å². The Morgan fingerprint density at radius 3 is 2.60 bits per heavy atom. The van der Waals surface area contributed by atoms with Crippen LogP contribution < -0.4 is 0 Å². The summed E-state index contributed by atoms with van der Waals surface area (Å²) in [6.07, 6.45) is -0.156. The molecule has 1 aliphatic rings. The van der Waals surface area contributed by atoms with Crippen LogP contribution in [0.2, 0.25) is 0 Å². The number of carbonyl (C=O) groups excluding carboxylic acids is 2. The number of ether oxygens (including phenoxy) is 3. The summed E-state index contributed by atoms with van der Waals surface area (Å²) in [5.74, 6) is -1.67. The quantitative estimate of drug-likeness (QED) is 0.674. The van der Waals surface area contributed by atoms with Crippen molar-refractivity contribution in [3.8, 4) is 0 Å². The van der Waals surface area contributed by atoms with Crippen LogP contribution in [0.1, 0.15) is 34.1 Å². The van der Waals surface area contributed by atoms with Crippen molar-refractivity contribution >= 4 is 12.1 Å². The molecule has 1 fully saturated rings. The highest BCUT2D eigenvalue weighted by molar-refractivity contribution is 5.76. The SMILES string of the molecule is CCC(C)(C)C(=O)OC1(C)COC(=O)O1. The summed E-state index contributed by atoms with van der Waals surface area (Å²) in [6.45, 7) is 6.88. The molecule has 0 aromatic heterocycles. The van der Waals surface area contributed by atoms with Crippen LogP contribution in [0.4, 0.5) is 4.79 Å². The van der Waals surface area contributed by atoms with Crippen molar-refractivity contribution in [3.05, 3.63) is 0 Å². The van der Waals surface area contributed by atoms with E-state index in [4.69, 9.17) is 9.47 Å². The normalized spacial score (nSPS) is 25.7. The lowest BCUT2D eigenvalue weighted by atomic mass is 9.90. The van der Waals surface area contributed by atoms with Crippen LogP contribution in [0.3, 0.4) is 0 Å². The van der Waals surface area contributed by atoms with Crippen LogP contribution in [-0.4, -0.2) is 24.5 Å². The van der Waals surface area contributed by atoms with E-state index in [0.717, 1.165) is 0 Å². The molecule has 1 aliphatic heterocycles. The van der Waals surface area contributed by atoms with Gasteiger partial charge >= 0.3 is 12.1 Å². The summed E-state index contributed by atoms with van der Waals surface area (Å²) in [6, 6.07) is 0. The molecule has 0 bridgehead atoms. The molecule has 0 aliphatic carbocycles. The number of cyclic esters (lactones) is 2. The van der Waals surface area contributed by atoms with Gasteiger partial charge in [-0.1, -0.05) is 6.92 Å². The van der Waals surface area contributed by atoms with Crippen molar-refractivity contribution in [2.75, 3.05) is 6.61 Å². The number of carbonyl (C=O) groups is 2. The Balaban J connectivity index is 2.62. The molecule has 0 aromatic carbocycles. The van der Waals surface area contributed by atoms with E-state index in [1.807, 2.05) is 6.92 Å². The fourth-order valence-corrected chi connectivity index (χ4v) is 0.954. The maximum Gasteiger partial charge on any atom is 0.511 e. The van der Waals surface area contributed by atoms with E-state index in [-0.39, 0.29) is 6.61 Å². The molecule has 0 N–H and O–H groups in total. The molecule has 0 saturated carbocycles. The molecule has 86 valence electrons. The van der Waals surface area contributed by atoms with Crippen LogP contribution in [0.25, 0.3) is 0 Å². The third-order valence-corrected chi connectivity index (χ3v) is 2.50. The fraction of sp³-hybridized carbons (Fsp3) is 0.800. The molecule has 5 heteroatoms. The number of hydrogen-bond donors (Lipinski definition) is 0. The number of hydrogen-bond acceptors (Lipinski definition) is 5. The summed E-state index contributed by atoms with van der Waals surface area (Å²) in [5.41, 5.74) is -0.585. The number of esters is 1. The minimum Gasteiger partial charge on any atom is -0.426 e. The molecule has 1 rings (SSSR count). The second-order valence-electron chi connectivity index (χ2n) is 4.40. The fourth-order valence-electron chi connectivity index (χ4n) is 0.954. The molecule has 0 radical (unpaired) electrons. The lowest BCUT2D eigenvalue weighted by molar-refractivity contribution is -0.200. The summed E-state index contributed by atoms with van der Waals surface area (Å²) in [7, 11) is 0. The lowest BCUT2D eigenvalue weighted by Gasteiger charge is -2.26. The third kappa shape index (κ3) is 2.61. The Morgan fingerprint density at radius 2 is 2.20 bits per heavy atom. The molecular formula is C10H16O5. The van der Waals surface area contributed by atoms with E-state index < -0.39 is 23.3 Å². The van der Waals surface area contributed by atoms with Crippen molar-refractivity contribution in [1.82, 2.24) is 0 Å². The summed E-state index contributed by atoms with van der Waals surface area (Å²) in [5, 5.41) is 0. The van der Waals surface area contributed by atoms with E-state index in [1.165, 1.54) is 6.92 Å². The average Bonchev–Trinajstić information content (AvgIpc) is 2.46. The van der Waals surface area contributed by atoms with Crippen LogP contribution in [0.15, 0.2) is 0 Å². The Bertz CT molecular complexity index is 284. The highest BCUT2D eigenvalue weighted by Gasteiger charge is 2.44. The van der Waals surface area contributed by atoms with E-state index in [1.54, 1.807) is 13.8 Å². The second-order valence-corrected chi connectivity index (χ2v) is 4.40. The Kier molecular flexibility index (Phi) is 2.93. The van der Waals surface area contributed by atoms with Gasteiger partial charge in [0.1, 0.15) is 0 Å². The van der Waals surface area contributed by atoms with Crippen molar-refractivity contribution in [2.45, 2.75) is 39.9 Å². The van der Waals surface area contributed by atoms with Gasteiger partial charge in [0.25, 0.3) is 5.79 Å². The molecule has 0 spiro atoms. The molecule has 1 heterocycles. The molecule has 5 nitrogen and oxygen atoms in total. The summed E-state index contributed by atoms with van der Waals surface area (Å²) < 4.78 is 14.5. The van der Waals surface area contributed by atoms with Gasteiger partial charge in [-0.05, 0) is 20.3 Å². The van der Waals surface area contributed by atoms with Crippen LogP contribution in [0.5, 0.6) is 0 Å². The monoisotopic (exact) mass is 216 g/mol. The van der Waals surface area contributed by atoms with Crippen LogP contribution in [-0.2, 0) is 19.0 Å². The van der Waals surface area contributed by atoms with E-state index >= 15 is 0 Å². The maximum atomic E-state index is 11.7. The van der Waals surface area contributed by atoms with Gasteiger partial charge in [0.05, 0.1) is 5.41 Å². The lowest BCUT2D eigenvalue weighted by Crippen LogP contribution is -2.39. The van der Waals surface area contributed by atoms with Gasteiger partial charge in [-0.3, -0.25) is 4.79 Å². The zero-order chi connectivity index (χ0) is 11.7. The van der Waals surface area contributed by atoms with Gasteiger partial charge in [0, 0.05) is 6.92 Å². The van der Waals surface area contributed by atoms with Crippen molar-refractivity contribution in [3.63, 3.8) is 0 Å². The average molecular weight is 216 g/mol. The Hall–Kier alpha value is -1.26. The molecule has 1 saturated heterocycles. The Morgan fingerprint density at radius 1 is 1.60 bits per heavy atom. The zero-order valence-electron chi connectivity index (χ0n) is 9.46. The predicted molar refractivity (Wildman–Crippen MR) is 51.0 cm³/mol. The molecule has 15 heavy (non-hydrogen) atoms. The highest BCUT2D eigenvalue weighted by atomic mass is 16.9. The van der Waals surface area contributed by atoms with Gasteiger partial charge in [0.2, 0.25) is 0 Å². The van der Waals surface area contributed by atoms with Crippen LogP contribution in [0, 0.1) is 5.41 Å².